The molecule has 0 aromatic rings. The number of hydrogen-bond acceptors (Lipinski definition) is 3. The molecule has 1 N–H and O–H groups in total. The van der Waals surface area contributed by atoms with Gasteiger partial charge in [0.2, 0.25) is 0 Å². The molecule has 1 rings (SSSR count). The van der Waals surface area contributed by atoms with Gasteiger partial charge in [-0.05, 0) is 0 Å². The van der Waals surface area contributed by atoms with Gasteiger partial charge in [-0.1, -0.05) is 0 Å². The van der Waals surface area contributed by atoms with Crippen molar-refractivity contribution in [3.63, 3.8) is 0 Å². The van der Waals surface area contributed by atoms with Gasteiger partial charge in [-0.25, -0.2) is 4.79 Å². The zero-order valence-corrected chi connectivity index (χ0v) is 4.05. The molecule has 1 unspecified atom stereocenters. The van der Waals surface area contributed by atoms with Gasteiger partial charge in [-0.15, -0.1) is 0 Å². The van der Waals surface area contributed by atoms with E-state index in [1.54, 1.807) is 0 Å². The summed E-state index contributed by atoms with van der Waals surface area (Å²) in [5.74, 6) is 0. The van der Waals surface area contributed by atoms with E-state index in [2.05, 4.69) is 10.1 Å². The van der Waals surface area contributed by atoms with Crippen LogP contribution in [-0.2, 0) is 4.74 Å². The number of cyclic esters (lactones) is 1. The summed E-state index contributed by atoms with van der Waals surface area (Å²) in [5.41, 5.74) is 0. The first-order valence-corrected chi connectivity index (χ1v) is 2.16. The summed E-state index contributed by atoms with van der Waals surface area (Å²) in [6, 6.07) is 1.40. The lowest BCUT2D eigenvalue weighted by Crippen LogP contribution is -2.23. The SMILES string of the molecule is N#CC1COC(=O)N1. The van der Waals surface area contributed by atoms with Crippen LogP contribution in [0.3, 0.4) is 0 Å². The average molecular weight is 112 g/mol. The normalized spacial score (nSPS) is 25.9. The van der Waals surface area contributed by atoms with E-state index in [1.807, 2.05) is 6.07 Å². The molecule has 0 radical (unpaired) electrons. The predicted molar refractivity (Wildman–Crippen MR) is 23.9 cm³/mol. The lowest BCUT2D eigenvalue weighted by atomic mass is 10.4. The van der Waals surface area contributed by atoms with Crippen molar-refractivity contribution in [2.45, 2.75) is 6.04 Å². The van der Waals surface area contributed by atoms with Crippen LogP contribution < -0.4 is 5.32 Å². The van der Waals surface area contributed by atoms with Gasteiger partial charge < -0.3 is 10.1 Å². The minimum Gasteiger partial charge on any atom is -0.446 e. The quantitative estimate of drug-likeness (QED) is 0.464. The molecule has 0 saturated carbocycles. The third-order valence-electron chi connectivity index (χ3n) is 0.829. The number of amides is 1. The highest BCUT2D eigenvalue weighted by atomic mass is 16.6. The number of nitrogens with one attached hydrogen (secondary N) is 1. The van der Waals surface area contributed by atoms with Crippen molar-refractivity contribution in [2.24, 2.45) is 0 Å². The van der Waals surface area contributed by atoms with Crippen molar-refractivity contribution >= 4 is 6.09 Å². The van der Waals surface area contributed by atoms with Crippen molar-refractivity contribution < 1.29 is 9.53 Å². The fraction of sp³-hybridized carbons (Fsp3) is 0.500. The van der Waals surface area contributed by atoms with Gasteiger partial charge >= 0.3 is 6.09 Å². The topological polar surface area (TPSA) is 62.1 Å². The molecule has 1 fully saturated rings. The lowest BCUT2D eigenvalue weighted by molar-refractivity contribution is 0.177. The number of rotatable bonds is 0. The summed E-state index contributed by atoms with van der Waals surface area (Å²) in [6.07, 6.45) is -0.503. The molecule has 1 aliphatic heterocycles. The van der Waals surface area contributed by atoms with Crippen molar-refractivity contribution in [2.75, 3.05) is 6.61 Å². The minimum atomic E-state index is -0.503. The lowest BCUT2D eigenvalue weighted by Gasteiger charge is -1.87. The molecule has 4 nitrogen and oxygen atoms in total. The van der Waals surface area contributed by atoms with Crippen molar-refractivity contribution in [1.82, 2.24) is 5.32 Å². The molecule has 8 heavy (non-hydrogen) atoms. The highest BCUT2D eigenvalue weighted by Crippen LogP contribution is 1.93. The molecule has 0 aliphatic carbocycles. The first-order chi connectivity index (χ1) is 3.83. The maximum Gasteiger partial charge on any atom is 0.408 e. The fourth-order valence-electron chi connectivity index (χ4n) is 0.454. The molecule has 1 amide bonds. The van der Waals surface area contributed by atoms with Gasteiger partial charge in [0.15, 0.2) is 6.04 Å². The number of hydrogen-bond donors (Lipinski definition) is 1. The van der Waals surface area contributed by atoms with Gasteiger partial charge in [0, 0.05) is 0 Å². The van der Waals surface area contributed by atoms with Crippen molar-refractivity contribution in [3.8, 4) is 6.07 Å². The van der Waals surface area contributed by atoms with Gasteiger partial charge in [0.1, 0.15) is 6.61 Å². The van der Waals surface area contributed by atoms with Crippen LogP contribution in [0.2, 0.25) is 0 Å². The average Bonchev–Trinajstić information content (AvgIpc) is 2.14. The van der Waals surface area contributed by atoms with Gasteiger partial charge in [-0.2, -0.15) is 5.26 Å². The van der Waals surface area contributed by atoms with E-state index < -0.39 is 12.1 Å². The number of alkyl carbamates (subject to hydrolysis) is 1. The Morgan fingerprint density at radius 3 is 3.00 bits per heavy atom. The molecule has 0 aromatic heterocycles. The minimum absolute atomic E-state index is 0.176. The molecule has 0 bridgehead atoms. The van der Waals surface area contributed by atoms with Crippen LogP contribution in [0.15, 0.2) is 0 Å². The monoisotopic (exact) mass is 112 g/mol. The van der Waals surface area contributed by atoms with Crippen LogP contribution in [0.4, 0.5) is 4.79 Å². The summed E-state index contributed by atoms with van der Waals surface area (Å²) < 4.78 is 4.38. The molecular formula is C4H4N2O2. The molecule has 1 atom stereocenters. The summed E-state index contributed by atoms with van der Waals surface area (Å²) in [7, 11) is 0. The van der Waals surface area contributed by atoms with Crippen LogP contribution in [0.25, 0.3) is 0 Å². The highest BCUT2D eigenvalue weighted by molar-refractivity contribution is 5.70. The van der Waals surface area contributed by atoms with Crippen molar-refractivity contribution in [3.05, 3.63) is 0 Å². The van der Waals surface area contributed by atoms with E-state index in [4.69, 9.17) is 5.26 Å². The van der Waals surface area contributed by atoms with E-state index in [-0.39, 0.29) is 6.61 Å². The van der Waals surface area contributed by atoms with E-state index in [1.165, 1.54) is 0 Å². The highest BCUT2D eigenvalue weighted by Gasteiger charge is 2.20. The molecule has 0 aromatic carbocycles. The fourth-order valence-corrected chi connectivity index (χ4v) is 0.454. The largest absolute Gasteiger partial charge is 0.446 e. The van der Waals surface area contributed by atoms with Crippen molar-refractivity contribution in [1.29, 1.82) is 5.26 Å². The first kappa shape index (κ1) is 4.91. The van der Waals surface area contributed by atoms with E-state index in [0.717, 1.165) is 0 Å². The van der Waals surface area contributed by atoms with E-state index in [9.17, 15) is 4.79 Å². The number of nitrogens with zero attached hydrogens (tertiary/aromatic N) is 1. The second kappa shape index (κ2) is 1.70. The Morgan fingerprint density at radius 2 is 2.75 bits per heavy atom. The molecule has 4 heteroatoms. The third kappa shape index (κ3) is 0.706. The Bertz CT molecular complexity index is 149. The van der Waals surface area contributed by atoms with Gasteiger partial charge in [0.05, 0.1) is 6.07 Å². The van der Waals surface area contributed by atoms with Crippen LogP contribution in [-0.4, -0.2) is 18.7 Å². The third-order valence-corrected chi connectivity index (χ3v) is 0.829. The number of nitriles is 1. The summed E-state index contributed by atoms with van der Waals surface area (Å²) in [4.78, 5) is 10.1. The molecule has 1 heterocycles. The molecule has 1 saturated heterocycles. The summed E-state index contributed by atoms with van der Waals surface area (Å²) in [6.45, 7) is 0.176. The van der Waals surface area contributed by atoms with Crippen LogP contribution in [0.5, 0.6) is 0 Å². The zero-order valence-electron chi connectivity index (χ0n) is 4.05. The van der Waals surface area contributed by atoms with Crippen LogP contribution in [0, 0.1) is 11.3 Å². The number of carbonyl (C=O) groups excluding carboxylic acids is 1. The van der Waals surface area contributed by atoms with Crippen LogP contribution >= 0.6 is 0 Å². The molecule has 42 valence electrons. The first-order valence-electron chi connectivity index (χ1n) is 2.16. The Kier molecular flexibility index (Phi) is 1.04. The smallest absolute Gasteiger partial charge is 0.408 e. The maximum absolute atomic E-state index is 10.1. The second-order valence-electron chi connectivity index (χ2n) is 1.42. The zero-order chi connectivity index (χ0) is 5.98. The Hall–Kier alpha value is -1.24. The molecule has 1 aliphatic rings. The summed E-state index contributed by atoms with van der Waals surface area (Å²) in [5, 5.41) is 10.4. The standard InChI is InChI=1S/C4H4N2O2/c5-1-3-2-8-4(7)6-3/h3H,2H2,(H,6,7). The Morgan fingerprint density at radius 1 is 2.00 bits per heavy atom. The Balaban J connectivity index is 2.47. The molecular weight excluding hydrogens is 108 g/mol. The molecule has 0 spiro atoms. The van der Waals surface area contributed by atoms with E-state index >= 15 is 0 Å². The summed E-state index contributed by atoms with van der Waals surface area (Å²) >= 11 is 0. The predicted octanol–water partition coefficient (Wildman–Crippen LogP) is -0.382. The number of carbonyl (C=O) groups is 1. The van der Waals surface area contributed by atoms with Crippen LogP contribution in [0.1, 0.15) is 0 Å². The Labute approximate surface area is 46.0 Å². The van der Waals surface area contributed by atoms with Gasteiger partial charge in [0.25, 0.3) is 0 Å². The van der Waals surface area contributed by atoms with Gasteiger partial charge in [-0.3, -0.25) is 0 Å². The number of ether oxygens (including phenoxy) is 1. The maximum atomic E-state index is 10.1. The second-order valence-corrected chi connectivity index (χ2v) is 1.42. The van der Waals surface area contributed by atoms with E-state index in [0.29, 0.717) is 0 Å².